The van der Waals surface area contributed by atoms with E-state index in [9.17, 15) is 18.0 Å². The maximum absolute atomic E-state index is 13.0. The molecule has 0 spiro atoms. The van der Waals surface area contributed by atoms with E-state index in [4.69, 9.17) is 4.42 Å². The molecule has 3 aromatic rings. The Morgan fingerprint density at radius 1 is 0.962 bits per heavy atom. The number of carbonyl (C=O) groups excluding carboxylic acids is 1. The van der Waals surface area contributed by atoms with Crippen LogP contribution in [0.2, 0.25) is 0 Å². The lowest BCUT2D eigenvalue weighted by Crippen LogP contribution is -2.16. The van der Waals surface area contributed by atoms with E-state index in [0.29, 0.717) is 11.5 Å². The molecule has 2 aromatic carbocycles. The molecule has 1 N–H and O–H groups in total. The van der Waals surface area contributed by atoms with Crippen LogP contribution in [-0.4, -0.2) is 5.91 Å². The predicted molar refractivity (Wildman–Crippen MR) is 94.1 cm³/mol. The molecule has 1 amide bonds. The van der Waals surface area contributed by atoms with E-state index in [1.54, 1.807) is 6.07 Å². The van der Waals surface area contributed by atoms with Crippen molar-refractivity contribution in [3.05, 3.63) is 83.8 Å². The number of thioether (sulfide) groups is 1. The van der Waals surface area contributed by atoms with E-state index in [1.807, 2.05) is 30.3 Å². The van der Waals surface area contributed by atoms with Crippen LogP contribution >= 0.6 is 11.8 Å². The third-order valence-electron chi connectivity index (χ3n) is 3.49. The van der Waals surface area contributed by atoms with Gasteiger partial charge in [0, 0.05) is 4.90 Å². The van der Waals surface area contributed by atoms with Gasteiger partial charge in [-0.05, 0) is 36.4 Å². The van der Waals surface area contributed by atoms with Crippen LogP contribution in [0, 0.1) is 0 Å². The van der Waals surface area contributed by atoms with Gasteiger partial charge in [0.25, 0.3) is 5.91 Å². The number of rotatable bonds is 5. The normalized spacial score (nSPS) is 11.3. The Hall–Kier alpha value is -2.67. The maximum Gasteiger partial charge on any atom is 0.418 e. The number of benzene rings is 2. The second-order valence-corrected chi connectivity index (χ2v) is 6.41. The lowest BCUT2D eigenvalue weighted by Gasteiger charge is -2.12. The van der Waals surface area contributed by atoms with Crippen LogP contribution in [0.5, 0.6) is 0 Å². The van der Waals surface area contributed by atoms with Gasteiger partial charge in [-0.1, -0.05) is 30.3 Å². The zero-order valence-electron chi connectivity index (χ0n) is 13.4. The second kappa shape index (κ2) is 7.70. The summed E-state index contributed by atoms with van der Waals surface area (Å²) < 4.78 is 44.4. The minimum absolute atomic E-state index is 0.0364. The van der Waals surface area contributed by atoms with Gasteiger partial charge < -0.3 is 9.73 Å². The Balaban J connectivity index is 1.67. The fraction of sp³-hybridized carbons (Fsp3) is 0.105. The number of carbonyl (C=O) groups is 1. The average Bonchev–Trinajstić information content (AvgIpc) is 3.10. The fourth-order valence-corrected chi connectivity index (χ4v) is 3.09. The van der Waals surface area contributed by atoms with Crippen LogP contribution in [0.3, 0.4) is 0 Å². The lowest BCUT2D eigenvalue weighted by molar-refractivity contribution is -0.136. The number of hydrogen-bond acceptors (Lipinski definition) is 3. The summed E-state index contributed by atoms with van der Waals surface area (Å²) in [4.78, 5) is 13.3. The molecule has 0 radical (unpaired) electrons. The van der Waals surface area contributed by atoms with Crippen molar-refractivity contribution in [1.29, 1.82) is 0 Å². The van der Waals surface area contributed by atoms with E-state index >= 15 is 0 Å². The zero-order valence-corrected chi connectivity index (χ0v) is 14.2. The highest BCUT2D eigenvalue weighted by Crippen LogP contribution is 2.34. The molecule has 0 aliphatic rings. The molecule has 0 unspecified atom stereocenters. The summed E-state index contributed by atoms with van der Waals surface area (Å²) in [6.07, 6.45) is -4.55. The SMILES string of the molecule is O=C(Nc1ccccc1C(F)(F)F)c1ccc(CSc2ccccc2)o1. The Bertz CT molecular complexity index is 891. The van der Waals surface area contributed by atoms with Gasteiger partial charge in [-0.2, -0.15) is 13.2 Å². The molecule has 0 saturated carbocycles. The first kappa shape index (κ1) is 18.1. The molecule has 0 saturated heterocycles. The summed E-state index contributed by atoms with van der Waals surface area (Å²) >= 11 is 1.53. The van der Waals surface area contributed by atoms with Crippen molar-refractivity contribution >= 4 is 23.4 Å². The number of anilines is 1. The summed E-state index contributed by atoms with van der Waals surface area (Å²) in [5.41, 5.74) is -1.21. The number of halogens is 3. The van der Waals surface area contributed by atoms with Crippen LogP contribution in [0.15, 0.2) is 76.0 Å². The molecular formula is C19H14F3NO2S. The Morgan fingerprint density at radius 2 is 1.65 bits per heavy atom. The topological polar surface area (TPSA) is 42.2 Å². The first-order valence-electron chi connectivity index (χ1n) is 7.67. The maximum atomic E-state index is 13.0. The zero-order chi connectivity index (χ0) is 18.6. The molecule has 0 fully saturated rings. The highest BCUT2D eigenvalue weighted by molar-refractivity contribution is 7.98. The molecular weight excluding hydrogens is 363 g/mol. The summed E-state index contributed by atoms with van der Waals surface area (Å²) in [5.74, 6) is 0.313. The highest BCUT2D eigenvalue weighted by Gasteiger charge is 2.33. The van der Waals surface area contributed by atoms with E-state index in [-0.39, 0.29) is 11.4 Å². The molecule has 3 nitrogen and oxygen atoms in total. The van der Waals surface area contributed by atoms with Crippen LogP contribution in [0.1, 0.15) is 21.9 Å². The standard InChI is InChI=1S/C19H14F3NO2S/c20-19(21,22)15-8-4-5-9-16(15)23-18(24)17-11-10-13(25-17)12-26-14-6-2-1-3-7-14/h1-11H,12H2,(H,23,24). The Kier molecular flexibility index (Phi) is 5.37. The van der Waals surface area contributed by atoms with Gasteiger partial charge in [-0.25, -0.2) is 0 Å². The van der Waals surface area contributed by atoms with Crippen molar-refractivity contribution in [2.75, 3.05) is 5.32 Å². The van der Waals surface area contributed by atoms with Crippen molar-refractivity contribution in [2.24, 2.45) is 0 Å². The minimum atomic E-state index is -4.55. The van der Waals surface area contributed by atoms with Gasteiger partial charge in [-0.15, -0.1) is 11.8 Å². The molecule has 0 aliphatic heterocycles. The van der Waals surface area contributed by atoms with Gasteiger partial charge in [0.2, 0.25) is 0 Å². The number of amides is 1. The molecule has 3 rings (SSSR count). The van der Waals surface area contributed by atoms with Crippen LogP contribution in [-0.2, 0) is 11.9 Å². The van der Waals surface area contributed by atoms with Crippen molar-refractivity contribution in [2.45, 2.75) is 16.8 Å². The monoisotopic (exact) mass is 377 g/mol. The van der Waals surface area contributed by atoms with Gasteiger partial charge >= 0.3 is 6.18 Å². The van der Waals surface area contributed by atoms with Crippen LogP contribution < -0.4 is 5.32 Å². The third kappa shape index (κ3) is 4.49. The van der Waals surface area contributed by atoms with Crippen molar-refractivity contribution in [3.63, 3.8) is 0 Å². The number of furan rings is 1. The van der Waals surface area contributed by atoms with Gasteiger partial charge in [0.15, 0.2) is 5.76 Å². The largest absolute Gasteiger partial charge is 0.455 e. The van der Waals surface area contributed by atoms with Crippen LogP contribution in [0.4, 0.5) is 18.9 Å². The Labute approximate surface area is 152 Å². The molecule has 1 heterocycles. The average molecular weight is 377 g/mol. The lowest BCUT2D eigenvalue weighted by atomic mass is 10.1. The molecule has 26 heavy (non-hydrogen) atoms. The van der Waals surface area contributed by atoms with Crippen molar-refractivity contribution in [3.8, 4) is 0 Å². The van der Waals surface area contributed by atoms with E-state index in [2.05, 4.69) is 5.32 Å². The first-order chi connectivity index (χ1) is 12.4. The van der Waals surface area contributed by atoms with Crippen molar-refractivity contribution in [1.82, 2.24) is 0 Å². The highest BCUT2D eigenvalue weighted by atomic mass is 32.2. The van der Waals surface area contributed by atoms with E-state index in [1.165, 1.54) is 36.0 Å². The van der Waals surface area contributed by atoms with Gasteiger partial charge in [-0.3, -0.25) is 4.79 Å². The molecule has 0 bridgehead atoms. The van der Waals surface area contributed by atoms with E-state index in [0.717, 1.165) is 11.0 Å². The number of para-hydroxylation sites is 1. The number of nitrogens with one attached hydrogen (secondary N) is 1. The van der Waals surface area contributed by atoms with Gasteiger partial charge in [0.05, 0.1) is 17.0 Å². The quantitative estimate of drug-likeness (QED) is 0.568. The molecule has 0 atom stereocenters. The summed E-state index contributed by atoms with van der Waals surface area (Å²) in [6.45, 7) is 0. The molecule has 7 heteroatoms. The first-order valence-corrected chi connectivity index (χ1v) is 8.66. The Morgan fingerprint density at radius 3 is 2.38 bits per heavy atom. The molecule has 0 aliphatic carbocycles. The summed E-state index contributed by atoms with van der Waals surface area (Å²) in [7, 11) is 0. The van der Waals surface area contributed by atoms with Crippen molar-refractivity contribution < 1.29 is 22.4 Å². The van der Waals surface area contributed by atoms with Gasteiger partial charge in [0.1, 0.15) is 5.76 Å². The predicted octanol–water partition coefficient (Wildman–Crippen LogP) is 5.84. The van der Waals surface area contributed by atoms with Crippen LogP contribution in [0.25, 0.3) is 0 Å². The third-order valence-corrected chi connectivity index (χ3v) is 4.52. The summed E-state index contributed by atoms with van der Waals surface area (Å²) in [5, 5.41) is 2.26. The smallest absolute Gasteiger partial charge is 0.418 e. The second-order valence-electron chi connectivity index (χ2n) is 5.37. The number of hydrogen-bond donors (Lipinski definition) is 1. The van der Waals surface area contributed by atoms with E-state index < -0.39 is 17.6 Å². The summed E-state index contributed by atoms with van der Waals surface area (Å²) in [6, 6.07) is 17.6. The molecule has 134 valence electrons. The molecule has 1 aromatic heterocycles. The number of alkyl halides is 3. The fourth-order valence-electron chi connectivity index (χ4n) is 2.27. The minimum Gasteiger partial charge on any atom is -0.455 e.